The minimum Gasteiger partial charge on any atom is -0.459 e. The first-order chi connectivity index (χ1) is 10.1. The highest BCUT2D eigenvalue weighted by atomic mass is 16.5. The Morgan fingerprint density at radius 1 is 1.43 bits per heavy atom. The van der Waals surface area contributed by atoms with Crippen LogP contribution in [0.5, 0.6) is 0 Å². The molecule has 7 heteroatoms. The van der Waals surface area contributed by atoms with Gasteiger partial charge < -0.3 is 14.2 Å². The molecule has 21 heavy (non-hydrogen) atoms. The van der Waals surface area contributed by atoms with Crippen LogP contribution in [0.1, 0.15) is 44.7 Å². The maximum atomic E-state index is 12.1. The van der Waals surface area contributed by atoms with Crippen molar-refractivity contribution in [2.75, 3.05) is 12.4 Å². The maximum Gasteiger partial charge on any atom is 0.324 e. The minimum absolute atomic E-state index is 0.0349. The number of hydrogen-bond acceptors (Lipinski definition) is 5. The van der Waals surface area contributed by atoms with Crippen LogP contribution in [0.4, 0.5) is 10.7 Å². The van der Waals surface area contributed by atoms with E-state index in [-0.39, 0.29) is 30.5 Å². The largest absolute Gasteiger partial charge is 0.459 e. The third kappa shape index (κ3) is 4.47. The fourth-order valence-electron chi connectivity index (χ4n) is 2.44. The van der Waals surface area contributed by atoms with Crippen LogP contribution in [-0.2, 0) is 16.1 Å². The number of nitrogens with one attached hydrogen (secondary N) is 1. The highest BCUT2D eigenvalue weighted by molar-refractivity contribution is 5.87. The molecule has 1 N–H and O–H groups in total. The molecule has 1 fully saturated rings. The lowest BCUT2D eigenvalue weighted by Crippen LogP contribution is -2.40. The summed E-state index contributed by atoms with van der Waals surface area (Å²) in [6, 6.07) is 1.62. The standard InChI is InChI=1S/C14H21N3O4/c1-10(18)20-9-11-8-13(21-16-11)15-14(19)17(2)12-6-4-3-5-7-12/h8,12H,3-7,9H2,1-2H3,(H,15,19). The zero-order valence-electron chi connectivity index (χ0n) is 12.4. The first-order valence-corrected chi connectivity index (χ1v) is 7.19. The number of nitrogens with zero attached hydrogens (tertiary/aromatic N) is 2. The number of ether oxygens (including phenoxy) is 1. The van der Waals surface area contributed by atoms with Gasteiger partial charge in [0.25, 0.3) is 0 Å². The second-order valence-corrected chi connectivity index (χ2v) is 5.30. The Kier molecular flexibility index (Phi) is 5.19. The average Bonchev–Trinajstić information content (AvgIpc) is 2.92. The van der Waals surface area contributed by atoms with E-state index in [2.05, 4.69) is 10.5 Å². The van der Waals surface area contributed by atoms with Gasteiger partial charge in [-0.1, -0.05) is 24.4 Å². The van der Waals surface area contributed by atoms with E-state index in [0.717, 1.165) is 25.7 Å². The van der Waals surface area contributed by atoms with Crippen LogP contribution in [0.3, 0.4) is 0 Å². The summed E-state index contributed by atoms with van der Waals surface area (Å²) in [4.78, 5) is 24.6. The predicted octanol–water partition coefficient (Wildman–Crippen LogP) is 2.53. The number of hydrogen-bond donors (Lipinski definition) is 1. The van der Waals surface area contributed by atoms with E-state index in [1.165, 1.54) is 13.3 Å². The fraction of sp³-hybridized carbons (Fsp3) is 0.643. The van der Waals surface area contributed by atoms with Gasteiger partial charge >= 0.3 is 12.0 Å². The van der Waals surface area contributed by atoms with Crippen molar-refractivity contribution < 1.29 is 18.8 Å². The van der Waals surface area contributed by atoms with E-state index < -0.39 is 0 Å². The van der Waals surface area contributed by atoms with Crippen molar-refractivity contribution in [3.05, 3.63) is 11.8 Å². The lowest BCUT2D eigenvalue weighted by atomic mass is 9.95. The smallest absolute Gasteiger partial charge is 0.324 e. The Balaban J connectivity index is 1.85. The summed E-state index contributed by atoms with van der Waals surface area (Å²) in [5.74, 6) is -0.134. The average molecular weight is 295 g/mol. The molecule has 1 aliphatic rings. The molecule has 0 aromatic carbocycles. The molecule has 0 aliphatic heterocycles. The molecule has 0 bridgehead atoms. The summed E-state index contributed by atoms with van der Waals surface area (Å²) in [6.07, 6.45) is 5.65. The van der Waals surface area contributed by atoms with Crippen molar-refractivity contribution >= 4 is 17.9 Å². The number of urea groups is 1. The highest BCUT2D eigenvalue weighted by Crippen LogP contribution is 2.22. The van der Waals surface area contributed by atoms with Crippen molar-refractivity contribution in [3.63, 3.8) is 0 Å². The van der Waals surface area contributed by atoms with Gasteiger partial charge in [-0.3, -0.25) is 10.1 Å². The third-order valence-electron chi connectivity index (χ3n) is 3.66. The lowest BCUT2D eigenvalue weighted by molar-refractivity contribution is -0.142. The first-order valence-electron chi connectivity index (χ1n) is 7.19. The SMILES string of the molecule is CC(=O)OCc1cc(NC(=O)N(C)C2CCCCC2)on1. The van der Waals surface area contributed by atoms with Gasteiger partial charge in [-0.15, -0.1) is 0 Å². The summed E-state index contributed by atoms with van der Waals surface area (Å²) in [5.41, 5.74) is 0.459. The second-order valence-electron chi connectivity index (χ2n) is 5.30. The molecule has 0 spiro atoms. The van der Waals surface area contributed by atoms with Crippen molar-refractivity contribution in [2.24, 2.45) is 0 Å². The van der Waals surface area contributed by atoms with Crippen LogP contribution in [-0.4, -0.2) is 35.1 Å². The second kappa shape index (κ2) is 7.10. The van der Waals surface area contributed by atoms with Crippen LogP contribution in [0.25, 0.3) is 0 Å². The van der Waals surface area contributed by atoms with Gasteiger partial charge in [-0.2, -0.15) is 0 Å². The van der Waals surface area contributed by atoms with Crippen molar-refractivity contribution in [1.29, 1.82) is 0 Å². The molecule has 2 rings (SSSR count). The first kappa shape index (κ1) is 15.3. The van der Waals surface area contributed by atoms with E-state index >= 15 is 0 Å². The third-order valence-corrected chi connectivity index (χ3v) is 3.66. The Hall–Kier alpha value is -2.05. The molecule has 116 valence electrons. The molecule has 7 nitrogen and oxygen atoms in total. The Labute approximate surface area is 123 Å². The molecule has 0 atom stereocenters. The molecule has 0 unspecified atom stereocenters. The van der Waals surface area contributed by atoms with E-state index in [9.17, 15) is 9.59 Å². The number of rotatable bonds is 4. The quantitative estimate of drug-likeness (QED) is 0.863. The van der Waals surface area contributed by atoms with Gasteiger partial charge in [0.05, 0.1) is 0 Å². The van der Waals surface area contributed by atoms with Crippen LogP contribution >= 0.6 is 0 Å². The van der Waals surface area contributed by atoms with E-state index in [1.54, 1.807) is 18.0 Å². The van der Waals surface area contributed by atoms with E-state index in [0.29, 0.717) is 5.69 Å². The van der Waals surface area contributed by atoms with Crippen LogP contribution in [0.2, 0.25) is 0 Å². The van der Waals surface area contributed by atoms with Gasteiger partial charge in [0.1, 0.15) is 12.3 Å². The molecular weight excluding hydrogens is 274 g/mol. The molecule has 1 aromatic rings. The van der Waals surface area contributed by atoms with Gasteiger partial charge in [-0.25, -0.2) is 4.79 Å². The maximum absolute atomic E-state index is 12.1. The monoisotopic (exact) mass is 295 g/mol. The van der Waals surface area contributed by atoms with Crippen LogP contribution in [0.15, 0.2) is 10.6 Å². The summed E-state index contributed by atoms with van der Waals surface area (Å²) >= 11 is 0. The zero-order valence-corrected chi connectivity index (χ0v) is 12.4. The molecule has 1 aliphatic carbocycles. The molecule has 1 aromatic heterocycles. The predicted molar refractivity (Wildman–Crippen MR) is 75.6 cm³/mol. The van der Waals surface area contributed by atoms with Crippen LogP contribution in [0, 0.1) is 0 Å². The fourth-order valence-corrected chi connectivity index (χ4v) is 2.44. The summed E-state index contributed by atoms with van der Waals surface area (Å²) in [7, 11) is 1.79. The minimum atomic E-state index is -0.388. The number of anilines is 1. The lowest BCUT2D eigenvalue weighted by Gasteiger charge is -2.30. The molecule has 0 radical (unpaired) electrons. The van der Waals surface area contributed by atoms with Crippen molar-refractivity contribution in [2.45, 2.75) is 51.7 Å². The van der Waals surface area contributed by atoms with Gasteiger partial charge in [0.15, 0.2) is 0 Å². The molecular formula is C14H21N3O4. The van der Waals surface area contributed by atoms with Gasteiger partial charge in [0.2, 0.25) is 5.88 Å². The van der Waals surface area contributed by atoms with Crippen LogP contribution < -0.4 is 5.32 Å². The molecule has 1 saturated carbocycles. The Bertz CT molecular complexity index is 494. The highest BCUT2D eigenvalue weighted by Gasteiger charge is 2.22. The number of carbonyl (C=O) groups excluding carboxylic acids is 2. The summed E-state index contributed by atoms with van der Waals surface area (Å²) in [6.45, 7) is 1.36. The molecule has 2 amide bonds. The Morgan fingerprint density at radius 3 is 2.81 bits per heavy atom. The summed E-state index contributed by atoms with van der Waals surface area (Å²) in [5, 5.41) is 6.39. The van der Waals surface area contributed by atoms with Crippen molar-refractivity contribution in [1.82, 2.24) is 10.1 Å². The topological polar surface area (TPSA) is 84.7 Å². The number of amides is 2. The number of carbonyl (C=O) groups is 2. The summed E-state index contributed by atoms with van der Waals surface area (Å²) < 4.78 is 9.81. The van der Waals surface area contributed by atoms with Gasteiger partial charge in [-0.05, 0) is 12.8 Å². The Morgan fingerprint density at radius 2 is 2.14 bits per heavy atom. The molecule has 0 saturated heterocycles. The van der Waals surface area contributed by atoms with Crippen molar-refractivity contribution in [3.8, 4) is 0 Å². The molecule has 1 heterocycles. The number of esters is 1. The van der Waals surface area contributed by atoms with E-state index in [1.807, 2.05) is 0 Å². The van der Waals surface area contributed by atoms with E-state index in [4.69, 9.17) is 9.26 Å². The normalized spacial score (nSPS) is 15.5. The van der Waals surface area contributed by atoms with Gasteiger partial charge in [0, 0.05) is 26.1 Å². The number of aromatic nitrogens is 1. The zero-order chi connectivity index (χ0) is 15.2.